The molecule has 0 aliphatic rings. The van der Waals surface area contributed by atoms with Crippen LogP contribution in [0.3, 0.4) is 0 Å². The Labute approximate surface area is 99.6 Å². The van der Waals surface area contributed by atoms with Crippen molar-refractivity contribution in [1.29, 1.82) is 0 Å². The van der Waals surface area contributed by atoms with Crippen molar-refractivity contribution in [2.24, 2.45) is 5.41 Å². The summed E-state index contributed by atoms with van der Waals surface area (Å²) in [6.45, 7) is 3.39. The molecule has 0 saturated heterocycles. The quantitative estimate of drug-likeness (QED) is 0.760. The molecule has 1 atom stereocenters. The van der Waals surface area contributed by atoms with Crippen molar-refractivity contribution >= 4 is 5.97 Å². The predicted molar refractivity (Wildman–Crippen MR) is 58.8 cm³/mol. The summed E-state index contributed by atoms with van der Waals surface area (Å²) in [5.74, 6) is -0.960. The lowest BCUT2D eigenvalue weighted by atomic mass is 9.85. The molecule has 3 nitrogen and oxygen atoms in total. The Morgan fingerprint density at radius 1 is 1.29 bits per heavy atom. The normalized spacial score (nSPS) is 15.9. The van der Waals surface area contributed by atoms with Gasteiger partial charge in [0, 0.05) is 13.1 Å². The minimum absolute atomic E-state index is 0.131. The van der Waals surface area contributed by atoms with Crippen LogP contribution in [-0.4, -0.2) is 42.3 Å². The number of carbonyl (C=O) groups is 1. The van der Waals surface area contributed by atoms with E-state index in [1.165, 1.54) is 11.9 Å². The van der Waals surface area contributed by atoms with E-state index in [0.717, 1.165) is 0 Å². The van der Waals surface area contributed by atoms with Crippen LogP contribution in [0.25, 0.3) is 0 Å². The van der Waals surface area contributed by atoms with Crippen LogP contribution < -0.4 is 0 Å². The van der Waals surface area contributed by atoms with E-state index >= 15 is 0 Å². The molecule has 6 heteroatoms. The molecule has 0 radical (unpaired) electrons. The Hall–Kier alpha value is -0.780. The molecule has 102 valence electrons. The lowest BCUT2D eigenvalue weighted by Gasteiger charge is -2.30. The molecule has 1 N–H and O–H groups in total. The lowest BCUT2D eigenvalue weighted by molar-refractivity contribution is -0.150. The summed E-state index contributed by atoms with van der Waals surface area (Å²) in [6, 6.07) is 0. The highest BCUT2D eigenvalue weighted by Crippen LogP contribution is 2.26. The van der Waals surface area contributed by atoms with E-state index < -0.39 is 24.0 Å². The average molecular weight is 255 g/mol. The number of hydrogen-bond acceptors (Lipinski definition) is 2. The fourth-order valence-electron chi connectivity index (χ4n) is 1.80. The summed E-state index contributed by atoms with van der Waals surface area (Å²) in [5.41, 5.74) is -0.977. The minimum atomic E-state index is -4.20. The number of carboxylic acid groups (broad SMARTS) is 1. The summed E-state index contributed by atoms with van der Waals surface area (Å²) in [6.07, 6.45) is -3.96. The molecule has 0 amide bonds. The Bertz CT molecular complexity index is 256. The summed E-state index contributed by atoms with van der Waals surface area (Å²) < 4.78 is 36.0. The first-order valence-corrected chi connectivity index (χ1v) is 5.59. The van der Waals surface area contributed by atoms with Gasteiger partial charge in [0.25, 0.3) is 0 Å². The Balaban J connectivity index is 4.32. The SMILES string of the molecule is CCCC(C)(CN(C)CCC(F)(F)F)C(=O)O. The van der Waals surface area contributed by atoms with Gasteiger partial charge >= 0.3 is 12.1 Å². The van der Waals surface area contributed by atoms with Crippen LogP contribution in [0.1, 0.15) is 33.1 Å². The number of carboxylic acids is 1. The van der Waals surface area contributed by atoms with Gasteiger partial charge in [-0.3, -0.25) is 4.79 Å². The second-order valence-electron chi connectivity index (χ2n) is 4.72. The van der Waals surface area contributed by atoms with Crippen molar-refractivity contribution in [3.8, 4) is 0 Å². The van der Waals surface area contributed by atoms with Crippen molar-refractivity contribution in [3.05, 3.63) is 0 Å². The van der Waals surface area contributed by atoms with Crippen molar-refractivity contribution in [3.63, 3.8) is 0 Å². The molecule has 0 aliphatic carbocycles. The van der Waals surface area contributed by atoms with Crippen molar-refractivity contribution in [2.75, 3.05) is 20.1 Å². The van der Waals surface area contributed by atoms with Crippen LogP contribution in [0.2, 0.25) is 0 Å². The maximum atomic E-state index is 12.0. The second-order valence-corrected chi connectivity index (χ2v) is 4.72. The molecule has 0 bridgehead atoms. The maximum absolute atomic E-state index is 12.0. The largest absolute Gasteiger partial charge is 0.481 e. The number of rotatable bonds is 7. The van der Waals surface area contributed by atoms with Gasteiger partial charge in [-0.25, -0.2) is 0 Å². The third kappa shape index (κ3) is 6.51. The molecule has 0 aliphatic heterocycles. The minimum Gasteiger partial charge on any atom is -0.481 e. The van der Waals surface area contributed by atoms with E-state index in [9.17, 15) is 18.0 Å². The van der Waals surface area contributed by atoms with E-state index in [1.807, 2.05) is 6.92 Å². The Morgan fingerprint density at radius 3 is 2.18 bits per heavy atom. The molecular formula is C11H20F3NO2. The lowest BCUT2D eigenvalue weighted by Crippen LogP contribution is -2.40. The van der Waals surface area contributed by atoms with Crippen molar-refractivity contribution in [2.45, 2.75) is 39.3 Å². The molecule has 1 unspecified atom stereocenters. The maximum Gasteiger partial charge on any atom is 0.390 e. The van der Waals surface area contributed by atoms with Gasteiger partial charge in [-0.05, 0) is 20.4 Å². The van der Waals surface area contributed by atoms with Gasteiger partial charge in [0.15, 0.2) is 0 Å². The zero-order valence-corrected chi connectivity index (χ0v) is 10.5. The third-order valence-electron chi connectivity index (χ3n) is 2.71. The number of halogens is 3. The van der Waals surface area contributed by atoms with Crippen LogP contribution in [0.15, 0.2) is 0 Å². The molecule has 0 saturated carbocycles. The monoisotopic (exact) mass is 255 g/mol. The highest BCUT2D eigenvalue weighted by Gasteiger charge is 2.34. The molecular weight excluding hydrogens is 235 g/mol. The summed E-state index contributed by atoms with van der Waals surface area (Å²) in [7, 11) is 1.52. The zero-order chi connectivity index (χ0) is 13.7. The first-order chi connectivity index (χ1) is 7.60. The molecule has 0 rings (SSSR count). The van der Waals surface area contributed by atoms with Gasteiger partial charge < -0.3 is 10.0 Å². The van der Waals surface area contributed by atoms with E-state index in [2.05, 4.69) is 0 Å². The molecule has 0 aromatic carbocycles. The van der Waals surface area contributed by atoms with E-state index in [4.69, 9.17) is 5.11 Å². The Kier molecular flexibility index (Phi) is 5.95. The summed E-state index contributed by atoms with van der Waals surface area (Å²) in [5, 5.41) is 9.09. The fraction of sp³-hybridized carbons (Fsp3) is 0.909. The molecule has 0 fully saturated rings. The van der Waals surface area contributed by atoms with Crippen LogP contribution in [-0.2, 0) is 4.79 Å². The zero-order valence-electron chi connectivity index (χ0n) is 10.5. The molecule has 17 heavy (non-hydrogen) atoms. The van der Waals surface area contributed by atoms with Gasteiger partial charge in [0.1, 0.15) is 0 Å². The van der Waals surface area contributed by atoms with Gasteiger partial charge in [-0.2, -0.15) is 13.2 Å². The summed E-state index contributed by atoms with van der Waals surface area (Å²) in [4.78, 5) is 12.5. The standard InChI is InChI=1S/C11H20F3NO2/c1-4-5-10(2,9(16)17)8-15(3)7-6-11(12,13)14/h4-8H2,1-3H3,(H,16,17). The highest BCUT2D eigenvalue weighted by atomic mass is 19.4. The van der Waals surface area contributed by atoms with Crippen LogP contribution in [0, 0.1) is 5.41 Å². The van der Waals surface area contributed by atoms with Gasteiger partial charge in [-0.15, -0.1) is 0 Å². The van der Waals surface area contributed by atoms with Crippen LogP contribution >= 0.6 is 0 Å². The second kappa shape index (κ2) is 6.23. The summed E-state index contributed by atoms with van der Waals surface area (Å²) >= 11 is 0. The van der Waals surface area contributed by atoms with E-state index in [-0.39, 0.29) is 13.1 Å². The Morgan fingerprint density at radius 2 is 1.82 bits per heavy atom. The number of aliphatic carboxylic acids is 1. The first kappa shape index (κ1) is 16.2. The van der Waals surface area contributed by atoms with E-state index in [0.29, 0.717) is 12.8 Å². The highest BCUT2D eigenvalue weighted by molar-refractivity contribution is 5.74. The number of nitrogens with zero attached hydrogens (tertiary/aromatic N) is 1. The fourth-order valence-corrected chi connectivity index (χ4v) is 1.80. The van der Waals surface area contributed by atoms with Crippen molar-refractivity contribution < 1.29 is 23.1 Å². The van der Waals surface area contributed by atoms with Gasteiger partial charge in [0.2, 0.25) is 0 Å². The van der Waals surface area contributed by atoms with Crippen LogP contribution in [0.4, 0.5) is 13.2 Å². The molecule has 0 spiro atoms. The predicted octanol–water partition coefficient (Wildman–Crippen LogP) is 2.76. The van der Waals surface area contributed by atoms with Gasteiger partial charge in [-0.1, -0.05) is 13.3 Å². The molecule has 0 aromatic heterocycles. The first-order valence-electron chi connectivity index (χ1n) is 5.59. The van der Waals surface area contributed by atoms with Crippen LogP contribution in [0.5, 0.6) is 0 Å². The molecule has 0 heterocycles. The van der Waals surface area contributed by atoms with Gasteiger partial charge in [0.05, 0.1) is 11.8 Å². The van der Waals surface area contributed by atoms with Crippen molar-refractivity contribution in [1.82, 2.24) is 4.90 Å². The van der Waals surface area contributed by atoms with E-state index in [1.54, 1.807) is 6.92 Å². The number of alkyl halides is 3. The topological polar surface area (TPSA) is 40.5 Å². The smallest absolute Gasteiger partial charge is 0.390 e. The third-order valence-corrected chi connectivity index (χ3v) is 2.71. The molecule has 0 aromatic rings. The average Bonchev–Trinajstić information content (AvgIpc) is 2.13. The number of hydrogen-bond donors (Lipinski definition) is 1.